The van der Waals surface area contributed by atoms with Gasteiger partial charge < -0.3 is 16.0 Å². The van der Waals surface area contributed by atoms with Gasteiger partial charge in [-0.1, -0.05) is 36.8 Å². The fourth-order valence-corrected chi connectivity index (χ4v) is 4.65. The molecule has 0 heterocycles. The number of guanidine groups is 1. The van der Waals surface area contributed by atoms with Crippen LogP contribution >= 0.6 is 0 Å². The van der Waals surface area contributed by atoms with Gasteiger partial charge >= 0.3 is 0 Å². The first-order valence-electron chi connectivity index (χ1n) is 10.3. The van der Waals surface area contributed by atoms with E-state index in [0.717, 1.165) is 50.0 Å². The number of carbonyl (C=O) groups is 1. The summed E-state index contributed by atoms with van der Waals surface area (Å²) in [4.78, 5) is 16.6. The van der Waals surface area contributed by atoms with Gasteiger partial charge in [-0.05, 0) is 37.7 Å². The van der Waals surface area contributed by atoms with Gasteiger partial charge in [0, 0.05) is 53.9 Å². The Balaban J connectivity index is 1.37. The van der Waals surface area contributed by atoms with E-state index in [0.29, 0.717) is 24.1 Å². The van der Waals surface area contributed by atoms with Gasteiger partial charge in [0.25, 0.3) is 0 Å². The smallest absolute Gasteiger partial charge is 0.223 e. The highest BCUT2D eigenvalue weighted by atomic mass is 32.2. The zero-order valence-corrected chi connectivity index (χ0v) is 17.5. The van der Waals surface area contributed by atoms with Crippen LogP contribution in [-0.4, -0.2) is 47.5 Å². The van der Waals surface area contributed by atoms with Gasteiger partial charge in [0.2, 0.25) is 5.91 Å². The number of carbonyl (C=O) groups excluding carboxylic acids is 1. The summed E-state index contributed by atoms with van der Waals surface area (Å²) >= 11 is 0. The normalized spacial score (nSPS) is 23.7. The number of rotatable bonds is 8. The molecule has 0 radical (unpaired) electrons. The molecule has 0 aliphatic heterocycles. The molecule has 0 spiro atoms. The van der Waals surface area contributed by atoms with Crippen LogP contribution < -0.4 is 16.0 Å². The second-order valence-corrected chi connectivity index (χ2v) is 9.34. The Labute approximate surface area is 170 Å². The van der Waals surface area contributed by atoms with Crippen molar-refractivity contribution in [3.05, 3.63) is 35.9 Å². The Morgan fingerprint density at radius 2 is 1.89 bits per heavy atom. The molecule has 3 unspecified atom stereocenters. The van der Waals surface area contributed by atoms with Gasteiger partial charge in [0.1, 0.15) is 0 Å². The van der Waals surface area contributed by atoms with E-state index in [1.807, 2.05) is 30.3 Å². The van der Waals surface area contributed by atoms with Gasteiger partial charge in [0.15, 0.2) is 5.96 Å². The number of amides is 1. The second kappa shape index (κ2) is 10.6. The van der Waals surface area contributed by atoms with Gasteiger partial charge in [0.05, 0.1) is 0 Å². The first-order chi connectivity index (χ1) is 13.6. The maximum Gasteiger partial charge on any atom is 0.223 e. The lowest BCUT2D eigenvalue weighted by atomic mass is 9.85. The molecule has 2 fully saturated rings. The zero-order valence-electron chi connectivity index (χ0n) is 16.7. The fraction of sp³-hybridized carbons (Fsp3) is 0.619. The minimum Gasteiger partial charge on any atom is -0.355 e. The van der Waals surface area contributed by atoms with E-state index >= 15 is 0 Å². The van der Waals surface area contributed by atoms with Crippen molar-refractivity contribution in [3.8, 4) is 0 Å². The molecule has 154 valence electrons. The van der Waals surface area contributed by atoms with Crippen LogP contribution in [0.4, 0.5) is 0 Å². The standard InChI is InChI=1S/C21H32N4O2S/c1-22-21(23-12-13-28(27)15-16-6-3-2-4-7-16)25-19-9-5-8-17(14-19)20(26)24-18-10-11-18/h2-4,6-7,17-19H,5,8-15H2,1H3,(H,24,26)(H2,22,23,25). The maximum atomic E-state index is 12.3. The quantitative estimate of drug-likeness (QED) is 0.457. The van der Waals surface area contributed by atoms with Gasteiger partial charge in [-0.25, -0.2) is 0 Å². The predicted octanol–water partition coefficient (Wildman–Crippen LogP) is 1.94. The van der Waals surface area contributed by atoms with E-state index in [1.54, 1.807) is 7.05 Å². The number of benzene rings is 1. The van der Waals surface area contributed by atoms with Gasteiger partial charge in [-0.2, -0.15) is 0 Å². The summed E-state index contributed by atoms with van der Waals surface area (Å²) in [6, 6.07) is 10.6. The van der Waals surface area contributed by atoms with Crippen molar-refractivity contribution in [2.75, 3.05) is 19.3 Å². The first-order valence-corrected chi connectivity index (χ1v) is 11.8. The highest BCUT2D eigenvalue weighted by Crippen LogP contribution is 2.26. The monoisotopic (exact) mass is 404 g/mol. The summed E-state index contributed by atoms with van der Waals surface area (Å²) in [5.74, 6) is 2.20. The Hall–Kier alpha value is -1.89. The molecule has 28 heavy (non-hydrogen) atoms. The lowest BCUT2D eigenvalue weighted by molar-refractivity contribution is -0.126. The van der Waals surface area contributed by atoms with Crippen molar-refractivity contribution >= 4 is 22.7 Å². The van der Waals surface area contributed by atoms with Crippen LogP contribution in [0.15, 0.2) is 35.3 Å². The van der Waals surface area contributed by atoms with Crippen LogP contribution in [0.1, 0.15) is 44.1 Å². The molecule has 3 N–H and O–H groups in total. The minimum absolute atomic E-state index is 0.100. The van der Waals surface area contributed by atoms with E-state index in [9.17, 15) is 9.00 Å². The lowest BCUT2D eigenvalue weighted by Gasteiger charge is -2.30. The number of aliphatic imine (C=N–C) groups is 1. The highest BCUT2D eigenvalue weighted by molar-refractivity contribution is 7.84. The number of nitrogens with zero attached hydrogens (tertiary/aromatic N) is 1. The van der Waals surface area contributed by atoms with E-state index in [1.165, 1.54) is 0 Å². The molecule has 3 rings (SSSR count). The second-order valence-electron chi connectivity index (χ2n) is 7.76. The maximum absolute atomic E-state index is 12.3. The molecule has 3 atom stereocenters. The number of nitrogens with one attached hydrogen (secondary N) is 3. The summed E-state index contributed by atoms with van der Waals surface area (Å²) in [6.07, 6.45) is 6.18. The fourth-order valence-electron chi connectivity index (χ4n) is 3.61. The van der Waals surface area contributed by atoms with Crippen LogP contribution in [0.5, 0.6) is 0 Å². The molecule has 2 aliphatic rings. The van der Waals surface area contributed by atoms with E-state index in [-0.39, 0.29) is 17.9 Å². The molecule has 1 amide bonds. The Bertz CT molecular complexity index is 691. The molecule has 0 aromatic heterocycles. The van der Waals surface area contributed by atoms with E-state index in [4.69, 9.17) is 0 Å². The van der Waals surface area contributed by atoms with Crippen molar-refractivity contribution < 1.29 is 9.00 Å². The van der Waals surface area contributed by atoms with Crippen LogP contribution in [-0.2, 0) is 21.3 Å². The third-order valence-electron chi connectivity index (χ3n) is 5.33. The van der Waals surface area contributed by atoms with Crippen LogP contribution in [0, 0.1) is 5.92 Å². The predicted molar refractivity (Wildman–Crippen MR) is 115 cm³/mol. The Kier molecular flexibility index (Phi) is 7.89. The first kappa shape index (κ1) is 20.8. The zero-order chi connectivity index (χ0) is 19.8. The molecule has 1 aromatic rings. The third-order valence-corrected chi connectivity index (χ3v) is 6.64. The lowest BCUT2D eigenvalue weighted by Crippen LogP contribution is -2.47. The third kappa shape index (κ3) is 6.93. The average Bonchev–Trinajstić information content (AvgIpc) is 3.52. The summed E-state index contributed by atoms with van der Waals surface area (Å²) in [5.41, 5.74) is 1.10. The molecular formula is C21H32N4O2S. The molecule has 7 heteroatoms. The van der Waals surface area contributed by atoms with Gasteiger partial charge in [-0.3, -0.25) is 14.0 Å². The number of hydrogen-bond donors (Lipinski definition) is 3. The highest BCUT2D eigenvalue weighted by Gasteiger charge is 2.31. The van der Waals surface area contributed by atoms with Crippen molar-refractivity contribution in [2.45, 2.75) is 56.4 Å². The molecule has 2 aliphatic carbocycles. The van der Waals surface area contributed by atoms with Crippen molar-refractivity contribution in [1.82, 2.24) is 16.0 Å². The average molecular weight is 405 g/mol. The summed E-state index contributed by atoms with van der Waals surface area (Å²) < 4.78 is 12.2. The van der Waals surface area contributed by atoms with Crippen LogP contribution in [0.3, 0.4) is 0 Å². The largest absolute Gasteiger partial charge is 0.355 e. The van der Waals surface area contributed by atoms with Crippen molar-refractivity contribution in [3.63, 3.8) is 0 Å². The topological polar surface area (TPSA) is 82.6 Å². The molecule has 0 bridgehead atoms. The molecule has 6 nitrogen and oxygen atoms in total. The Morgan fingerprint density at radius 1 is 1.11 bits per heavy atom. The van der Waals surface area contributed by atoms with Crippen molar-refractivity contribution in [1.29, 1.82) is 0 Å². The SMILES string of the molecule is CN=C(NCCS(=O)Cc1ccccc1)NC1CCCC(C(=O)NC2CC2)C1. The number of hydrogen-bond acceptors (Lipinski definition) is 3. The molecule has 0 saturated heterocycles. The van der Waals surface area contributed by atoms with Crippen LogP contribution in [0.2, 0.25) is 0 Å². The Morgan fingerprint density at radius 3 is 2.61 bits per heavy atom. The minimum atomic E-state index is -0.906. The summed E-state index contributed by atoms with van der Waals surface area (Å²) in [5, 5.41) is 9.84. The van der Waals surface area contributed by atoms with E-state index < -0.39 is 10.8 Å². The van der Waals surface area contributed by atoms with Crippen molar-refractivity contribution in [2.24, 2.45) is 10.9 Å². The summed E-state index contributed by atoms with van der Waals surface area (Å²) in [7, 11) is 0.840. The van der Waals surface area contributed by atoms with E-state index in [2.05, 4.69) is 20.9 Å². The molecular weight excluding hydrogens is 372 g/mol. The molecule has 1 aromatic carbocycles. The van der Waals surface area contributed by atoms with Gasteiger partial charge in [-0.15, -0.1) is 0 Å². The summed E-state index contributed by atoms with van der Waals surface area (Å²) in [6.45, 7) is 0.609. The van der Waals surface area contributed by atoms with Crippen LogP contribution in [0.25, 0.3) is 0 Å². The molecule has 2 saturated carbocycles.